The number of anilines is 2. The van der Waals surface area contributed by atoms with Crippen LogP contribution in [0.15, 0.2) is 29.6 Å². The Morgan fingerprint density at radius 3 is 2.78 bits per heavy atom. The van der Waals surface area contributed by atoms with Crippen LogP contribution < -0.4 is 10.6 Å². The zero-order chi connectivity index (χ0) is 13.0. The number of aromatic nitrogens is 1. The number of rotatable bonds is 5. The van der Waals surface area contributed by atoms with E-state index in [0.717, 1.165) is 25.2 Å². The van der Waals surface area contributed by atoms with E-state index < -0.39 is 0 Å². The summed E-state index contributed by atoms with van der Waals surface area (Å²) in [6.07, 6.45) is 0.774. The van der Waals surface area contributed by atoms with Gasteiger partial charge in [-0.1, -0.05) is 12.1 Å². The molecule has 0 aliphatic carbocycles. The fraction of sp³-hybridized carbons (Fsp3) is 0.308. The van der Waals surface area contributed by atoms with Gasteiger partial charge in [0.25, 0.3) is 0 Å². The zero-order valence-corrected chi connectivity index (χ0v) is 11.1. The van der Waals surface area contributed by atoms with E-state index in [0.29, 0.717) is 10.8 Å². The van der Waals surface area contributed by atoms with Crippen molar-refractivity contribution in [2.75, 3.05) is 23.7 Å². The summed E-state index contributed by atoms with van der Waals surface area (Å²) in [5, 5.41) is 2.53. The molecule has 2 aromatic rings. The first-order chi connectivity index (χ1) is 8.70. The van der Waals surface area contributed by atoms with Crippen molar-refractivity contribution >= 4 is 22.2 Å². The fourth-order valence-corrected chi connectivity index (χ4v) is 2.44. The highest BCUT2D eigenvalue weighted by atomic mass is 32.1. The molecule has 3 nitrogen and oxygen atoms in total. The molecule has 0 unspecified atom stereocenters. The second kappa shape index (κ2) is 5.82. The minimum Gasteiger partial charge on any atom is -0.375 e. The quantitative estimate of drug-likeness (QED) is 0.903. The molecule has 1 aromatic heterocycles. The third-order valence-corrected chi connectivity index (χ3v) is 3.50. The summed E-state index contributed by atoms with van der Waals surface area (Å²) in [6, 6.07) is 6.84. The molecule has 18 heavy (non-hydrogen) atoms. The first-order valence-corrected chi connectivity index (χ1v) is 6.78. The van der Waals surface area contributed by atoms with Crippen LogP contribution in [0.25, 0.3) is 0 Å². The van der Waals surface area contributed by atoms with E-state index in [1.165, 1.54) is 17.4 Å². The summed E-state index contributed by atoms with van der Waals surface area (Å²) in [4.78, 5) is 6.21. The van der Waals surface area contributed by atoms with Crippen molar-refractivity contribution in [3.63, 3.8) is 0 Å². The van der Waals surface area contributed by atoms with Crippen molar-refractivity contribution in [2.45, 2.75) is 13.3 Å². The lowest BCUT2D eigenvalue weighted by Crippen LogP contribution is -2.26. The molecule has 2 N–H and O–H groups in total. The summed E-state index contributed by atoms with van der Waals surface area (Å²) < 4.78 is 13.7. The highest BCUT2D eigenvalue weighted by Crippen LogP contribution is 2.19. The van der Waals surface area contributed by atoms with E-state index >= 15 is 0 Å². The third kappa shape index (κ3) is 2.98. The van der Waals surface area contributed by atoms with Gasteiger partial charge < -0.3 is 10.6 Å². The smallest absolute Gasteiger partial charge is 0.180 e. The molecule has 0 saturated heterocycles. The molecule has 0 aliphatic heterocycles. The molecule has 1 aromatic carbocycles. The van der Waals surface area contributed by atoms with E-state index in [2.05, 4.69) is 4.98 Å². The van der Waals surface area contributed by atoms with Gasteiger partial charge in [-0.15, -0.1) is 11.3 Å². The molecule has 0 aliphatic rings. The number of nitrogens with zero attached hydrogens (tertiary/aromatic N) is 2. The van der Waals surface area contributed by atoms with Crippen molar-refractivity contribution in [3.05, 3.63) is 41.2 Å². The number of nitrogen functional groups attached to an aromatic ring is 1. The van der Waals surface area contributed by atoms with Crippen LogP contribution >= 0.6 is 11.3 Å². The Morgan fingerprint density at radius 1 is 1.39 bits per heavy atom. The molecule has 0 radical (unpaired) electrons. The van der Waals surface area contributed by atoms with Crippen LogP contribution in [0.1, 0.15) is 12.6 Å². The van der Waals surface area contributed by atoms with Crippen molar-refractivity contribution in [3.8, 4) is 0 Å². The maximum Gasteiger partial charge on any atom is 0.180 e. The molecule has 0 saturated carbocycles. The Kier molecular flexibility index (Phi) is 4.15. The highest BCUT2D eigenvalue weighted by molar-refractivity contribution is 7.13. The summed E-state index contributed by atoms with van der Waals surface area (Å²) >= 11 is 1.44. The number of thiazole rings is 1. The SMILES string of the molecule is CCN(CCc1csc(N)n1)c1ccccc1F. The fourth-order valence-electron chi connectivity index (χ4n) is 1.84. The van der Waals surface area contributed by atoms with Gasteiger partial charge in [-0.2, -0.15) is 0 Å². The third-order valence-electron chi connectivity index (χ3n) is 2.78. The lowest BCUT2D eigenvalue weighted by Gasteiger charge is -2.23. The topological polar surface area (TPSA) is 42.1 Å². The molecule has 0 atom stereocenters. The zero-order valence-electron chi connectivity index (χ0n) is 10.3. The van der Waals surface area contributed by atoms with Crippen LogP contribution in [0.3, 0.4) is 0 Å². The lowest BCUT2D eigenvalue weighted by molar-refractivity contribution is 0.617. The maximum absolute atomic E-state index is 13.7. The van der Waals surface area contributed by atoms with Gasteiger partial charge in [-0.3, -0.25) is 0 Å². The van der Waals surface area contributed by atoms with Crippen molar-refractivity contribution in [1.82, 2.24) is 4.98 Å². The summed E-state index contributed by atoms with van der Waals surface area (Å²) in [6.45, 7) is 3.52. The number of para-hydroxylation sites is 1. The van der Waals surface area contributed by atoms with E-state index in [-0.39, 0.29) is 5.82 Å². The Bertz CT molecular complexity index is 512. The van der Waals surface area contributed by atoms with Crippen LogP contribution in [-0.2, 0) is 6.42 Å². The van der Waals surface area contributed by atoms with Crippen molar-refractivity contribution in [1.29, 1.82) is 0 Å². The van der Waals surface area contributed by atoms with Crippen LogP contribution in [-0.4, -0.2) is 18.1 Å². The van der Waals surface area contributed by atoms with Crippen LogP contribution in [0.4, 0.5) is 15.2 Å². The number of nitrogens with two attached hydrogens (primary N) is 1. The van der Waals surface area contributed by atoms with Gasteiger partial charge in [0.2, 0.25) is 0 Å². The average Bonchev–Trinajstić information content (AvgIpc) is 2.78. The largest absolute Gasteiger partial charge is 0.375 e. The standard InChI is InChI=1S/C13H16FN3S/c1-2-17(12-6-4-3-5-11(12)14)8-7-10-9-18-13(15)16-10/h3-6,9H,2,7-8H2,1H3,(H2,15,16). The van der Waals surface area contributed by atoms with Gasteiger partial charge in [-0.05, 0) is 19.1 Å². The second-order valence-electron chi connectivity index (χ2n) is 3.96. The number of hydrogen-bond acceptors (Lipinski definition) is 4. The first kappa shape index (κ1) is 12.8. The molecule has 2 rings (SSSR count). The predicted molar refractivity (Wildman–Crippen MR) is 74.5 cm³/mol. The Morgan fingerprint density at radius 2 is 2.17 bits per heavy atom. The molecular formula is C13H16FN3S. The second-order valence-corrected chi connectivity index (χ2v) is 4.85. The monoisotopic (exact) mass is 265 g/mol. The Balaban J connectivity index is 2.04. The number of halogens is 1. The minimum absolute atomic E-state index is 0.183. The van der Waals surface area contributed by atoms with Crippen molar-refractivity contribution < 1.29 is 4.39 Å². The molecule has 0 bridgehead atoms. The van der Waals surface area contributed by atoms with Crippen LogP contribution in [0.5, 0.6) is 0 Å². The van der Waals surface area contributed by atoms with Gasteiger partial charge in [0.05, 0.1) is 11.4 Å². The van der Waals surface area contributed by atoms with Gasteiger partial charge in [0.15, 0.2) is 5.13 Å². The highest BCUT2D eigenvalue weighted by Gasteiger charge is 2.09. The van der Waals surface area contributed by atoms with Gasteiger partial charge in [0, 0.05) is 24.9 Å². The summed E-state index contributed by atoms with van der Waals surface area (Å²) in [5.41, 5.74) is 7.19. The lowest BCUT2D eigenvalue weighted by atomic mass is 10.2. The van der Waals surface area contributed by atoms with Gasteiger partial charge in [-0.25, -0.2) is 9.37 Å². The first-order valence-electron chi connectivity index (χ1n) is 5.90. The van der Waals surface area contributed by atoms with E-state index in [4.69, 9.17) is 5.73 Å². The predicted octanol–water partition coefficient (Wildman–Crippen LogP) is 2.93. The molecule has 0 amide bonds. The number of likely N-dealkylation sites (N-methyl/N-ethyl adjacent to an activating group) is 1. The van der Waals surface area contributed by atoms with Gasteiger partial charge >= 0.3 is 0 Å². The Hall–Kier alpha value is -1.62. The van der Waals surface area contributed by atoms with Crippen LogP contribution in [0, 0.1) is 5.82 Å². The molecule has 5 heteroatoms. The summed E-state index contributed by atoms with van der Waals surface area (Å²) in [7, 11) is 0. The average molecular weight is 265 g/mol. The molecule has 1 heterocycles. The molecule has 96 valence electrons. The van der Waals surface area contributed by atoms with Crippen LogP contribution in [0.2, 0.25) is 0 Å². The minimum atomic E-state index is -0.183. The van der Waals surface area contributed by atoms with E-state index in [1.807, 2.05) is 23.3 Å². The molecule has 0 fully saturated rings. The molecular weight excluding hydrogens is 249 g/mol. The Labute approximate surface area is 110 Å². The summed E-state index contributed by atoms with van der Waals surface area (Å²) in [5.74, 6) is -0.183. The van der Waals surface area contributed by atoms with E-state index in [9.17, 15) is 4.39 Å². The normalized spacial score (nSPS) is 10.6. The van der Waals surface area contributed by atoms with E-state index in [1.54, 1.807) is 12.1 Å². The molecule has 0 spiro atoms. The maximum atomic E-state index is 13.7. The van der Waals surface area contributed by atoms with Crippen molar-refractivity contribution in [2.24, 2.45) is 0 Å². The number of benzene rings is 1. The van der Waals surface area contributed by atoms with Gasteiger partial charge in [0.1, 0.15) is 5.82 Å². The number of hydrogen-bond donors (Lipinski definition) is 1.